The lowest BCUT2D eigenvalue weighted by Crippen LogP contribution is -2.42. The number of benzene rings is 1. The average Bonchev–Trinajstić information content (AvgIpc) is 2.82. The molecule has 1 amide bonds. The lowest BCUT2D eigenvalue weighted by atomic mass is 10.1. The maximum atomic E-state index is 11.9. The van der Waals surface area contributed by atoms with Crippen LogP contribution in [0.2, 0.25) is 0 Å². The number of aryl methyl sites for hydroxylation is 1. The second kappa shape index (κ2) is 6.15. The van der Waals surface area contributed by atoms with Crippen LogP contribution in [0, 0.1) is 0 Å². The Labute approximate surface area is 112 Å². The van der Waals surface area contributed by atoms with E-state index < -0.39 is 6.04 Å². The topological polar surface area (TPSA) is 72.9 Å². The zero-order valence-corrected chi connectivity index (χ0v) is 10.9. The molecule has 2 rings (SSSR count). The fraction of sp³-hybridized carbons (Fsp3) is 0.286. The summed E-state index contributed by atoms with van der Waals surface area (Å²) in [7, 11) is 1.89. The third-order valence-corrected chi connectivity index (χ3v) is 2.98. The zero-order chi connectivity index (χ0) is 13.7. The van der Waals surface area contributed by atoms with Crippen LogP contribution in [-0.4, -0.2) is 21.5 Å². The van der Waals surface area contributed by atoms with Gasteiger partial charge in [-0.2, -0.15) is 0 Å². The van der Waals surface area contributed by atoms with E-state index >= 15 is 0 Å². The van der Waals surface area contributed by atoms with Gasteiger partial charge in [-0.1, -0.05) is 30.3 Å². The van der Waals surface area contributed by atoms with Gasteiger partial charge in [0.1, 0.15) is 5.82 Å². The van der Waals surface area contributed by atoms with Gasteiger partial charge in [0.15, 0.2) is 0 Å². The van der Waals surface area contributed by atoms with E-state index in [9.17, 15) is 4.79 Å². The largest absolute Gasteiger partial charge is 0.348 e. The molecule has 0 radical (unpaired) electrons. The number of nitrogens with two attached hydrogens (primary N) is 1. The molecule has 1 atom stereocenters. The van der Waals surface area contributed by atoms with Crippen LogP contribution in [0.25, 0.3) is 0 Å². The highest BCUT2D eigenvalue weighted by Crippen LogP contribution is 2.02. The van der Waals surface area contributed by atoms with Crippen LogP contribution >= 0.6 is 0 Å². The first kappa shape index (κ1) is 13.3. The Morgan fingerprint density at radius 1 is 1.42 bits per heavy atom. The normalized spacial score (nSPS) is 12.1. The van der Waals surface area contributed by atoms with E-state index in [1.54, 1.807) is 6.20 Å². The molecule has 5 heteroatoms. The summed E-state index contributed by atoms with van der Waals surface area (Å²) in [6.45, 7) is 0.394. The molecular formula is C14H18N4O. The first-order valence-electron chi connectivity index (χ1n) is 6.20. The highest BCUT2D eigenvalue weighted by molar-refractivity contribution is 5.81. The van der Waals surface area contributed by atoms with Gasteiger partial charge in [0, 0.05) is 19.4 Å². The molecule has 0 bridgehead atoms. The van der Waals surface area contributed by atoms with Crippen LogP contribution in [0.5, 0.6) is 0 Å². The lowest BCUT2D eigenvalue weighted by molar-refractivity contribution is -0.122. The van der Waals surface area contributed by atoms with Crippen LogP contribution in [0.15, 0.2) is 42.7 Å². The molecule has 0 saturated heterocycles. The van der Waals surface area contributed by atoms with Gasteiger partial charge in [0.2, 0.25) is 5.91 Å². The molecule has 0 saturated carbocycles. The van der Waals surface area contributed by atoms with Crippen molar-refractivity contribution < 1.29 is 4.79 Å². The molecule has 100 valence electrons. The quantitative estimate of drug-likeness (QED) is 0.825. The number of hydrogen-bond acceptors (Lipinski definition) is 3. The molecule has 1 aromatic heterocycles. The molecule has 0 aliphatic carbocycles. The van der Waals surface area contributed by atoms with Crippen molar-refractivity contribution in [2.45, 2.75) is 19.0 Å². The highest BCUT2D eigenvalue weighted by Gasteiger charge is 2.14. The van der Waals surface area contributed by atoms with Crippen molar-refractivity contribution in [2.24, 2.45) is 12.8 Å². The minimum absolute atomic E-state index is 0.160. The number of carbonyl (C=O) groups is 1. The van der Waals surface area contributed by atoms with Crippen molar-refractivity contribution in [2.75, 3.05) is 0 Å². The van der Waals surface area contributed by atoms with E-state index in [1.165, 1.54) is 0 Å². The molecule has 3 N–H and O–H groups in total. The summed E-state index contributed by atoms with van der Waals surface area (Å²) in [5.74, 6) is 0.645. The predicted molar refractivity (Wildman–Crippen MR) is 73.2 cm³/mol. The first-order chi connectivity index (χ1) is 9.16. The Kier molecular flexibility index (Phi) is 4.30. The molecule has 0 spiro atoms. The summed E-state index contributed by atoms with van der Waals surface area (Å²) in [6.07, 6.45) is 4.07. The SMILES string of the molecule is Cn1ccnc1CNC(=O)[C@H](N)Cc1ccccc1. The van der Waals surface area contributed by atoms with Gasteiger partial charge in [0.25, 0.3) is 0 Å². The van der Waals surface area contributed by atoms with E-state index in [-0.39, 0.29) is 5.91 Å². The maximum Gasteiger partial charge on any atom is 0.237 e. The van der Waals surface area contributed by atoms with Crippen LogP contribution in [0.1, 0.15) is 11.4 Å². The molecule has 0 aliphatic heterocycles. The average molecular weight is 258 g/mol. The summed E-state index contributed by atoms with van der Waals surface area (Å²) < 4.78 is 1.86. The summed E-state index contributed by atoms with van der Waals surface area (Å²) >= 11 is 0. The van der Waals surface area contributed by atoms with Crippen LogP contribution < -0.4 is 11.1 Å². The number of hydrogen-bond donors (Lipinski definition) is 2. The van der Waals surface area contributed by atoms with E-state index in [1.807, 2.05) is 48.1 Å². The zero-order valence-electron chi connectivity index (χ0n) is 10.9. The van der Waals surface area contributed by atoms with Crippen LogP contribution in [0.4, 0.5) is 0 Å². The Balaban J connectivity index is 1.84. The Hall–Kier alpha value is -2.14. The van der Waals surface area contributed by atoms with Gasteiger partial charge in [0.05, 0.1) is 12.6 Å². The van der Waals surface area contributed by atoms with Gasteiger partial charge < -0.3 is 15.6 Å². The van der Waals surface area contributed by atoms with Crippen LogP contribution in [0.3, 0.4) is 0 Å². The minimum Gasteiger partial charge on any atom is -0.348 e. The van der Waals surface area contributed by atoms with Gasteiger partial charge >= 0.3 is 0 Å². The number of amides is 1. The van der Waals surface area contributed by atoms with Gasteiger partial charge in [-0.25, -0.2) is 4.98 Å². The third-order valence-electron chi connectivity index (χ3n) is 2.98. The summed E-state index contributed by atoms with van der Waals surface area (Å²) in [5.41, 5.74) is 6.95. The third kappa shape index (κ3) is 3.66. The number of imidazole rings is 1. The number of rotatable bonds is 5. The summed E-state index contributed by atoms with van der Waals surface area (Å²) in [4.78, 5) is 16.0. The van der Waals surface area contributed by atoms with Crippen molar-refractivity contribution >= 4 is 5.91 Å². The van der Waals surface area contributed by atoms with E-state index in [0.29, 0.717) is 13.0 Å². The van der Waals surface area contributed by atoms with Crippen molar-refractivity contribution in [3.63, 3.8) is 0 Å². The molecular weight excluding hydrogens is 240 g/mol. The number of nitrogens with one attached hydrogen (secondary N) is 1. The lowest BCUT2D eigenvalue weighted by Gasteiger charge is -2.12. The molecule has 1 heterocycles. The van der Waals surface area contributed by atoms with Crippen molar-refractivity contribution in [3.8, 4) is 0 Å². The molecule has 5 nitrogen and oxygen atoms in total. The van der Waals surface area contributed by atoms with Crippen molar-refractivity contribution in [1.82, 2.24) is 14.9 Å². The number of nitrogens with zero attached hydrogens (tertiary/aromatic N) is 2. The monoisotopic (exact) mass is 258 g/mol. The Morgan fingerprint density at radius 3 is 2.79 bits per heavy atom. The molecule has 2 aromatic rings. The van der Waals surface area contributed by atoms with E-state index in [4.69, 9.17) is 5.73 Å². The standard InChI is InChI=1S/C14H18N4O/c1-18-8-7-16-13(18)10-17-14(19)12(15)9-11-5-3-2-4-6-11/h2-8,12H,9-10,15H2,1H3,(H,17,19)/t12-/m1/s1. The van der Waals surface area contributed by atoms with Gasteiger partial charge in [-0.15, -0.1) is 0 Å². The second-order valence-corrected chi connectivity index (χ2v) is 4.47. The van der Waals surface area contributed by atoms with E-state index in [0.717, 1.165) is 11.4 Å². The minimum atomic E-state index is -0.539. The van der Waals surface area contributed by atoms with Gasteiger partial charge in [-0.3, -0.25) is 4.79 Å². The fourth-order valence-electron chi connectivity index (χ4n) is 1.82. The smallest absolute Gasteiger partial charge is 0.237 e. The van der Waals surface area contributed by atoms with Crippen molar-refractivity contribution in [1.29, 1.82) is 0 Å². The van der Waals surface area contributed by atoms with Gasteiger partial charge in [-0.05, 0) is 12.0 Å². The van der Waals surface area contributed by atoms with Crippen LogP contribution in [-0.2, 0) is 24.8 Å². The van der Waals surface area contributed by atoms with E-state index in [2.05, 4.69) is 10.3 Å². The molecule has 1 aromatic carbocycles. The highest BCUT2D eigenvalue weighted by atomic mass is 16.2. The first-order valence-corrected chi connectivity index (χ1v) is 6.20. The maximum absolute atomic E-state index is 11.9. The second-order valence-electron chi connectivity index (χ2n) is 4.47. The summed E-state index contributed by atoms with van der Waals surface area (Å²) in [5, 5.41) is 2.80. The molecule has 19 heavy (non-hydrogen) atoms. The Bertz CT molecular complexity index is 535. The predicted octanol–water partition coefficient (Wildman–Crippen LogP) is 0.606. The summed E-state index contributed by atoms with van der Waals surface area (Å²) in [6, 6.07) is 9.21. The molecule has 0 aliphatic rings. The molecule has 0 fully saturated rings. The molecule has 0 unspecified atom stereocenters. The Morgan fingerprint density at radius 2 is 2.16 bits per heavy atom. The van der Waals surface area contributed by atoms with Crippen molar-refractivity contribution in [3.05, 3.63) is 54.1 Å². The number of carbonyl (C=O) groups excluding carboxylic acids is 1. The number of aromatic nitrogens is 2. The fourth-order valence-corrected chi connectivity index (χ4v) is 1.82.